The molecule has 3 rings (SSSR count). The Hall–Kier alpha value is -2.14. The number of hydrogen-bond acceptors (Lipinski definition) is 4. The van der Waals surface area contributed by atoms with Crippen LogP contribution < -0.4 is 0 Å². The normalized spacial score (nSPS) is 10.8. The minimum absolute atomic E-state index is 0.115. The predicted octanol–water partition coefficient (Wildman–Crippen LogP) is 4.10. The van der Waals surface area contributed by atoms with Gasteiger partial charge in [-0.15, -0.1) is 0 Å². The van der Waals surface area contributed by atoms with Crippen molar-refractivity contribution < 1.29 is 9.63 Å². The summed E-state index contributed by atoms with van der Waals surface area (Å²) in [5.74, 6) is 1.03. The molecule has 0 unspecified atom stereocenters. The molecular formula is C16H13BrN2O2. The van der Waals surface area contributed by atoms with Crippen LogP contribution in [0.25, 0.3) is 11.5 Å². The number of rotatable bonds is 3. The molecule has 0 aliphatic heterocycles. The maximum atomic E-state index is 9.88. The quantitative estimate of drug-likeness (QED) is 0.776. The second-order valence-corrected chi connectivity index (χ2v) is 5.70. The summed E-state index contributed by atoms with van der Waals surface area (Å²) in [4.78, 5) is 4.36. The van der Waals surface area contributed by atoms with Crippen LogP contribution in [-0.2, 0) is 6.42 Å². The van der Waals surface area contributed by atoms with E-state index in [1.54, 1.807) is 18.2 Å². The number of aromatic nitrogens is 2. The molecule has 0 atom stereocenters. The molecule has 0 amide bonds. The monoisotopic (exact) mass is 344 g/mol. The molecule has 3 aromatic rings. The van der Waals surface area contributed by atoms with E-state index in [1.165, 1.54) is 5.56 Å². The van der Waals surface area contributed by atoms with Gasteiger partial charge in [-0.1, -0.05) is 45.4 Å². The van der Waals surface area contributed by atoms with Crippen molar-refractivity contribution in [1.29, 1.82) is 0 Å². The molecule has 1 heterocycles. The van der Waals surface area contributed by atoms with Gasteiger partial charge in [0.05, 0.1) is 5.56 Å². The van der Waals surface area contributed by atoms with Crippen molar-refractivity contribution in [3.05, 3.63) is 63.9 Å². The topological polar surface area (TPSA) is 59.2 Å². The second-order valence-electron chi connectivity index (χ2n) is 4.78. The maximum Gasteiger partial charge on any atom is 0.261 e. The Morgan fingerprint density at radius 2 is 2.00 bits per heavy atom. The molecular weight excluding hydrogens is 332 g/mol. The molecule has 0 saturated carbocycles. The molecule has 21 heavy (non-hydrogen) atoms. The van der Waals surface area contributed by atoms with Gasteiger partial charge in [0.25, 0.3) is 5.89 Å². The fourth-order valence-corrected chi connectivity index (χ4v) is 2.45. The Morgan fingerprint density at radius 3 is 2.81 bits per heavy atom. The molecule has 0 aliphatic rings. The van der Waals surface area contributed by atoms with Gasteiger partial charge >= 0.3 is 0 Å². The third-order valence-electron chi connectivity index (χ3n) is 3.27. The fraction of sp³-hybridized carbons (Fsp3) is 0.125. The standard InChI is InChI=1S/C16H13BrN2O2/c1-10-4-2-3-5-11(10)8-15-18-16(21-19-15)13-9-12(17)6-7-14(13)20/h2-7,9,20H,8H2,1H3. The smallest absolute Gasteiger partial charge is 0.261 e. The van der Waals surface area contributed by atoms with E-state index in [0.29, 0.717) is 23.7 Å². The van der Waals surface area contributed by atoms with Crippen LogP contribution >= 0.6 is 15.9 Å². The van der Waals surface area contributed by atoms with Crippen molar-refractivity contribution in [3.8, 4) is 17.2 Å². The summed E-state index contributed by atoms with van der Waals surface area (Å²) in [6.45, 7) is 2.05. The van der Waals surface area contributed by atoms with Gasteiger partial charge in [0, 0.05) is 10.9 Å². The molecule has 2 aromatic carbocycles. The van der Waals surface area contributed by atoms with E-state index in [4.69, 9.17) is 4.52 Å². The Kier molecular flexibility index (Phi) is 3.75. The third kappa shape index (κ3) is 2.97. The van der Waals surface area contributed by atoms with E-state index < -0.39 is 0 Å². The molecule has 1 N–H and O–H groups in total. The van der Waals surface area contributed by atoms with E-state index in [-0.39, 0.29) is 5.75 Å². The zero-order valence-electron chi connectivity index (χ0n) is 11.4. The summed E-state index contributed by atoms with van der Waals surface area (Å²) in [5.41, 5.74) is 2.87. The van der Waals surface area contributed by atoms with Gasteiger partial charge in [-0.25, -0.2) is 0 Å². The average molecular weight is 345 g/mol. The number of benzene rings is 2. The number of hydrogen-bond donors (Lipinski definition) is 1. The first-order valence-corrected chi connectivity index (χ1v) is 7.29. The van der Waals surface area contributed by atoms with Crippen molar-refractivity contribution >= 4 is 15.9 Å². The molecule has 5 heteroatoms. The van der Waals surface area contributed by atoms with Crippen molar-refractivity contribution in [3.63, 3.8) is 0 Å². The van der Waals surface area contributed by atoms with Crippen LogP contribution in [0.1, 0.15) is 17.0 Å². The molecule has 0 aliphatic carbocycles. The molecule has 0 radical (unpaired) electrons. The Labute approximate surface area is 130 Å². The Bertz CT molecular complexity index is 783. The maximum absolute atomic E-state index is 9.88. The first kappa shape index (κ1) is 13.8. The van der Waals surface area contributed by atoms with Gasteiger partial charge < -0.3 is 9.63 Å². The van der Waals surface area contributed by atoms with E-state index >= 15 is 0 Å². The largest absolute Gasteiger partial charge is 0.507 e. The van der Waals surface area contributed by atoms with E-state index in [2.05, 4.69) is 39.1 Å². The van der Waals surface area contributed by atoms with Crippen LogP contribution in [0, 0.1) is 6.92 Å². The van der Waals surface area contributed by atoms with E-state index in [1.807, 2.05) is 18.2 Å². The van der Waals surface area contributed by atoms with Crippen LogP contribution in [-0.4, -0.2) is 15.2 Å². The lowest BCUT2D eigenvalue weighted by atomic mass is 10.1. The average Bonchev–Trinajstić information content (AvgIpc) is 2.92. The van der Waals surface area contributed by atoms with Crippen molar-refractivity contribution in [2.24, 2.45) is 0 Å². The molecule has 0 fully saturated rings. The lowest BCUT2D eigenvalue weighted by Crippen LogP contribution is -1.93. The van der Waals surface area contributed by atoms with Gasteiger partial charge in [0.15, 0.2) is 5.82 Å². The number of phenolic OH excluding ortho intramolecular Hbond substituents is 1. The second kappa shape index (κ2) is 5.69. The first-order chi connectivity index (χ1) is 10.1. The zero-order chi connectivity index (χ0) is 14.8. The summed E-state index contributed by atoms with van der Waals surface area (Å²) in [7, 11) is 0. The highest BCUT2D eigenvalue weighted by molar-refractivity contribution is 9.10. The molecule has 0 saturated heterocycles. The summed E-state index contributed by atoms with van der Waals surface area (Å²) < 4.78 is 6.10. The van der Waals surface area contributed by atoms with Crippen LogP contribution in [0.2, 0.25) is 0 Å². The summed E-state index contributed by atoms with van der Waals surface area (Å²) >= 11 is 3.36. The van der Waals surface area contributed by atoms with Crippen LogP contribution in [0.4, 0.5) is 0 Å². The van der Waals surface area contributed by atoms with Crippen LogP contribution in [0.5, 0.6) is 5.75 Å². The van der Waals surface area contributed by atoms with E-state index in [9.17, 15) is 5.11 Å². The molecule has 0 bridgehead atoms. The highest BCUT2D eigenvalue weighted by Crippen LogP contribution is 2.30. The summed E-state index contributed by atoms with van der Waals surface area (Å²) in [5, 5.41) is 13.9. The first-order valence-electron chi connectivity index (χ1n) is 6.49. The molecule has 4 nitrogen and oxygen atoms in total. The van der Waals surface area contributed by atoms with Crippen molar-refractivity contribution in [1.82, 2.24) is 10.1 Å². The number of nitrogens with zero attached hydrogens (tertiary/aromatic N) is 2. The Morgan fingerprint density at radius 1 is 1.19 bits per heavy atom. The van der Waals surface area contributed by atoms with Gasteiger partial charge in [0.1, 0.15) is 5.75 Å². The van der Waals surface area contributed by atoms with Crippen LogP contribution in [0.15, 0.2) is 51.5 Å². The van der Waals surface area contributed by atoms with E-state index in [0.717, 1.165) is 10.0 Å². The number of aryl methyl sites for hydroxylation is 1. The molecule has 106 valence electrons. The fourth-order valence-electron chi connectivity index (χ4n) is 2.09. The summed E-state index contributed by atoms with van der Waals surface area (Å²) in [6.07, 6.45) is 0.602. The SMILES string of the molecule is Cc1ccccc1Cc1noc(-c2cc(Br)ccc2O)n1. The summed E-state index contributed by atoms with van der Waals surface area (Å²) in [6, 6.07) is 13.2. The lowest BCUT2D eigenvalue weighted by molar-refractivity contribution is 0.418. The lowest BCUT2D eigenvalue weighted by Gasteiger charge is -2.01. The van der Waals surface area contributed by atoms with Gasteiger partial charge in [-0.3, -0.25) is 0 Å². The van der Waals surface area contributed by atoms with Crippen LogP contribution in [0.3, 0.4) is 0 Å². The van der Waals surface area contributed by atoms with Crippen molar-refractivity contribution in [2.75, 3.05) is 0 Å². The van der Waals surface area contributed by atoms with Gasteiger partial charge in [0.2, 0.25) is 0 Å². The van der Waals surface area contributed by atoms with Gasteiger partial charge in [-0.05, 0) is 36.2 Å². The highest BCUT2D eigenvalue weighted by atomic mass is 79.9. The molecule has 1 aromatic heterocycles. The highest BCUT2D eigenvalue weighted by Gasteiger charge is 2.14. The Balaban J connectivity index is 1.90. The third-order valence-corrected chi connectivity index (χ3v) is 3.76. The molecule has 0 spiro atoms. The predicted molar refractivity (Wildman–Crippen MR) is 83.1 cm³/mol. The minimum atomic E-state index is 0.115. The minimum Gasteiger partial charge on any atom is -0.507 e. The zero-order valence-corrected chi connectivity index (χ0v) is 13.0. The number of phenols is 1. The number of halogens is 1. The van der Waals surface area contributed by atoms with Crippen molar-refractivity contribution in [2.45, 2.75) is 13.3 Å². The van der Waals surface area contributed by atoms with Gasteiger partial charge in [-0.2, -0.15) is 4.98 Å². The number of aromatic hydroxyl groups is 1.